The zero-order valence-corrected chi connectivity index (χ0v) is 13.8. The molecule has 0 fully saturated rings. The highest BCUT2D eigenvalue weighted by Crippen LogP contribution is 2.27. The number of aromatic amines is 1. The van der Waals surface area contributed by atoms with Gasteiger partial charge in [0.15, 0.2) is 11.4 Å². The zero-order chi connectivity index (χ0) is 18.7. The summed E-state index contributed by atoms with van der Waals surface area (Å²) in [4.78, 5) is 33.4. The van der Waals surface area contributed by atoms with Crippen molar-refractivity contribution in [3.63, 3.8) is 0 Å². The van der Waals surface area contributed by atoms with E-state index in [9.17, 15) is 14.0 Å². The first-order chi connectivity index (χ1) is 12.4. The fraction of sp³-hybridized carbons (Fsp3) is 0.111. The molecule has 0 aliphatic carbocycles. The largest absolute Gasteiger partial charge is 0.455 e. The standard InChI is InChI=1S/C18H14FN3O4/c1-10(2)25-16(24)7-11-3-4-12(8-13(11)19)26-14-5-6-20-18-17(14)21-9-15(23)22-18/h3-6,8-9H,1,7H2,2H3,(H,20,22,23). The molecule has 2 heterocycles. The van der Waals surface area contributed by atoms with Gasteiger partial charge in [0.25, 0.3) is 5.56 Å². The molecule has 0 saturated heterocycles. The third kappa shape index (κ3) is 3.92. The Hall–Kier alpha value is -3.55. The van der Waals surface area contributed by atoms with Crippen molar-refractivity contribution in [2.24, 2.45) is 0 Å². The number of allylic oxidation sites excluding steroid dienone is 1. The third-order valence-corrected chi connectivity index (χ3v) is 3.31. The molecule has 0 saturated carbocycles. The smallest absolute Gasteiger partial charge is 0.315 e. The first-order valence-corrected chi connectivity index (χ1v) is 7.59. The Morgan fingerprint density at radius 1 is 1.31 bits per heavy atom. The van der Waals surface area contributed by atoms with Crippen LogP contribution in [0.5, 0.6) is 11.5 Å². The molecule has 0 aliphatic heterocycles. The van der Waals surface area contributed by atoms with E-state index in [1.54, 1.807) is 6.07 Å². The molecule has 0 amide bonds. The first kappa shape index (κ1) is 17.3. The Bertz CT molecular complexity index is 1060. The van der Waals surface area contributed by atoms with Gasteiger partial charge in [-0.2, -0.15) is 0 Å². The van der Waals surface area contributed by atoms with Crippen LogP contribution in [0.15, 0.2) is 53.8 Å². The summed E-state index contributed by atoms with van der Waals surface area (Å²) in [6, 6.07) is 5.65. The lowest BCUT2D eigenvalue weighted by atomic mass is 10.1. The molecule has 0 spiro atoms. The number of carbonyl (C=O) groups excluding carboxylic acids is 1. The molecule has 1 aromatic carbocycles. The minimum Gasteiger partial charge on any atom is -0.455 e. The number of ether oxygens (including phenoxy) is 2. The molecule has 3 aromatic rings. The van der Waals surface area contributed by atoms with Crippen molar-refractivity contribution in [3.8, 4) is 11.5 Å². The highest BCUT2D eigenvalue weighted by atomic mass is 19.1. The maximum absolute atomic E-state index is 14.2. The molecule has 132 valence electrons. The fourth-order valence-electron chi connectivity index (χ4n) is 2.25. The van der Waals surface area contributed by atoms with Gasteiger partial charge in [-0.15, -0.1) is 0 Å². The monoisotopic (exact) mass is 355 g/mol. The van der Waals surface area contributed by atoms with Crippen LogP contribution in [0.25, 0.3) is 11.2 Å². The average molecular weight is 355 g/mol. The predicted molar refractivity (Wildman–Crippen MR) is 91.2 cm³/mol. The Labute approximate surface area is 147 Å². The van der Waals surface area contributed by atoms with Crippen LogP contribution in [0.3, 0.4) is 0 Å². The van der Waals surface area contributed by atoms with E-state index in [1.807, 2.05) is 0 Å². The van der Waals surface area contributed by atoms with Crippen molar-refractivity contribution in [2.75, 3.05) is 0 Å². The van der Waals surface area contributed by atoms with Gasteiger partial charge >= 0.3 is 5.97 Å². The van der Waals surface area contributed by atoms with E-state index in [2.05, 4.69) is 21.5 Å². The molecule has 8 heteroatoms. The summed E-state index contributed by atoms with van der Waals surface area (Å²) in [5.74, 6) is -0.454. The van der Waals surface area contributed by atoms with E-state index < -0.39 is 11.8 Å². The second-order valence-electron chi connectivity index (χ2n) is 5.46. The SMILES string of the molecule is C=C(C)OC(=O)Cc1ccc(Oc2ccnc3[nH]c(=O)cnc23)cc1F. The molecule has 0 atom stereocenters. The molecule has 7 nitrogen and oxygen atoms in total. The maximum Gasteiger partial charge on any atom is 0.315 e. The second-order valence-corrected chi connectivity index (χ2v) is 5.46. The van der Waals surface area contributed by atoms with E-state index >= 15 is 0 Å². The van der Waals surface area contributed by atoms with Gasteiger partial charge in [0.2, 0.25) is 0 Å². The molecule has 2 aromatic heterocycles. The van der Waals surface area contributed by atoms with E-state index in [1.165, 1.54) is 25.3 Å². The number of fused-ring (bicyclic) bond motifs is 1. The third-order valence-electron chi connectivity index (χ3n) is 3.31. The number of halogens is 1. The lowest BCUT2D eigenvalue weighted by molar-refractivity contribution is -0.138. The maximum atomic E-state index is 14.2. The number of aromatic nitrogens is 3. The number of nitrogens with zero attached hydrogens (tertiary/aromatic N) is 2. The van der Waals surface area contributed by atoms with Crippen molar-refractivity contribution < 1.29 is 18.7 Å². The quantitative estimate of drug-likeness (QED) is 0.559. The summed E-state index contributed by atoms with van der Waals surface area (Å²) in [6.07, 6.45) is 2.32. The Kier molecular flexibility index (Phi) is 4.74. The number of H-pyrrole nitrogens is 1. The van der Waals surface area contributed by atoms with Gasteiger partial charge in [-0.25, -0.2) is 14.4 Å². The zero-order valence-electron chi connectivity index (χ0n) is 13.8. The normalized spacial score (nSPS) is 10.5. The summed E-state index contributed by atoms with van der Waals surface area (Å²) in [6.45, 7) is 4.99. The minimum atomic E-state index is -0.610. The molecule has 0 bridgehead atoms. The predicted octanol–water partition coefficient (Wildman–Crippen LogP) is 2.87. The molecular formula is C18H14FN3O4. The first-order valence-electron chi connectivity index (χ1n) is 7.59. The number of rotatable bonds is 5. The number of esters is 1. The lowest BCUT2D eigenvalue weighted by Gasteiger charge is -2.09. The van der Waals surface area contributed by atoms with Crippen LogP contribution in [-0.4, -0.2) is 20.9 Å². The summed E-state index contributed by atoms with van der Waals surface area (Å²) in [7, 11) is 0. The van der Waals surface area contributed by atoms with Crippen LogP contribution >= 0.6 is 0 Å². The van der Waals surface area contributed by atoms with Crippen molar-refractivity contribution in [2.45, 2.75) is 13.3 Å². The van der Waals surface area contributed by atoms with Crippen LogP contribution in [0.1, 0.15) is 12.5 Å². The number of hydrogen-bond acceptors (Lipinski definition) is 6. The molecular weight excluding hydrogens is 341 g/mol. The topological polar surface area (TPSA) is 94.2 Å². The highest BCUT2D eigenvalue weighted by Gasteiger charge is 2.12. The van der Waals surface area contributed by atoms with Crippen molar-refractivity contribution >= 4 is 17.1 Å². The number of pyridine rings is 1. The van der Waals surface area contributed by atoms with Crippen molar-refractivity contribution in [3.05, 3.63) is 70.7 Å². The van der Waals surface area contributed by atoms with Crippen molar-refractivity contribution in [1.82, 2.24) is 15.0 Å². The molecule has 26 heavy (non-hydrogen) atoms. The van der Waals surface area contributed by atoms with Gasteiger partial charge in [-0.1, -0.05) is 12.6 Å². The fourth-order valence-corrected chi connectivity index (χ4v) is 2.25. The van der Waals surface area contributed by atoms with Gasteiger partial charge in [0, 0.05) is 18.3 Å². The van der Waals surface area contributed by atoms with E-state index in [-0.39, 0.29) is 34.7 Å². The van der Waals surface area contributed by atoms with E-state index in [0.717, 1.165) is 12.3 Å². The van der Waals surface area contributed by atoms with Crippen LogP contribution in [0, 0.1) is 5.82 Å². The summed E-state index contributed by atoms with van der Waals surface area (Å²) >= 11 is 0. The number of carbonyl (C=O) groups is 1. The van der Waals surface area contributed by atoms with Crippen LogP contribution in [-0.2, 0) is 16.0 Å². The van der Waals surface area contributed by atoms with Crippen LogP contribution in [0.4, 0.5) is 4.39 Å². The number of nitrogens with one attached hydrogen (secondary N) is 1. The van der Waals surface area contributed by atoms with Crippen LogP contribution < -0.4 is 10.3 Å². The molecule has 0 radical (unpaired) electrons. The Morgan fingerprint density at radius 3 is 2.85 bits per heavy atom. The number of hydrogen-bond donors (Lipinski definition) is 1. The lowest BCUT2D eigenvalue weighted by Crippen LogP contribution is -2.08. The summed E-state index contributed by atoms with van der Waals surface area (Å²) in [5.41, 5.74) is 0.376. The second kappa shape index (κ2) is 7.14. The average Bonchev–Trinajstić information content (AvgIpc) is 2.56. The van der Waals surface area contributed by atoms with Crippen LogP contribution in [0.2, 0.25) is 0 Å². The molecule has 1 N–H and O–H groups in total. The van der Waals surface area contributed by atoms with Crippen molar-refractivity contribution in [1.29, 1.82) is 0 Å². The van der Waals surface area contributed by atoms with Gasteiger partial charge in [-0.05, 0) is 18.6 Å². The van der Waals surface area contributed by atoms with Gasteiger partial charge in [0.1, 0.15) is 17.1 Å². The van der Waals surface area contributed by atoms with E-state index in [4.69, 9.17) is 9.47 Å². The number of benzene rings is 1. The minimum absolute atomic E-state index is 0.172. The summed E-state index contributed by atoms with van der Waals surface area (Å²) < 4.78 is 24.7. The van der Waals surface area contributed by atoms with Gasteiger partial charge < -0.3 is 14.5 Å². The molecule has 0 unspecified atom stereocenters. The Balaban J connectivity index is 1.83. The van der Waals surface area contributed by atoms with Gasteiger partial charge in [-0.3, -0.25) is 9.59 Å². The molecule has 0 aliphatic rings. The molecule has 3 rings (SSSR count). The van der Waals surface area contributed by atoms with Gasteiger partial charge in [0.05, 0.1) is 18.4 Å². The highest BCUT2D eigenvalue weighted by molar-refractivity contribution is 5.77. The Morgan fingerprint density at radius 2 is 2.12 bits per heavy atom. The summed E-state index contributed by atoms with van der Waals surface area (Å²) in [5, 5.41) is 0. The van der Waals surface area contributed by atoms with E-state index in [0.29, 0.717) is 11.3 Å².